The molecule has 0 aromatic heterocycles. The zero-order valence-electron chi connectivity index (χ0n) is 43.3. The molecule has 0 spiro atoms. The third-order valence-corrected chi connectivity index (χ3v) is 18.6. The summed E-state index contributed by atoms with van der Waals surface area (Å²) in [6.45, 7) is 35.4. The standard InChI is InChI=1S/C35H60O5Si2.C19H22O6/c1-25(24-38-42(13,14)34(5,6)7)18-19-27(3)32-30(39-35(8,9)40-32)17-15-16-29-23-26(2)22-28(4)31(29)33(36)37-20-21-41(10,11)12;1-11-6-7-15(21)18(23)14(20)5-3-4-13-8-12(2)9-16(22)17(13)19(24)25-10-11/h15-16,18-19,22-23,25,27,30,32H,17,20-21,24H2,1-14H3;3-4,6-9,11,14,18,20,22-23H,5,10H2,1-2H3/b16-15+,19-18-;4-3+,7-6-/t25-,27?,30+,32?;11-,14+,18+/m11/s1. The van der Waals surface area contributed by atoms with Crippen molar-refractivity contribution in [1.29, 1.82) is 0 Å². The predicted molar refractivity (Wildman–Crippen MR) is 275 cm³/mol. The number of benzene rings is 2. The smallest absolute Gasteiger partial charge is 0.342 e. The zero-order chi connectivity index (χ0) is 50.7. The fourth-order valence-electron chi connectivity index (χ4n) is 7.33. The highest BCUT2D eigenvalue weighted by Gasteiger charge is 2.43. The molecule has 2 aliphatic heterocycles. The van der Waals surface area contributed by atoms with Gasteiger partial charge in [-0.3, -0.25) is 4.79 Å². The molecule has 0 saturated carbocycles. The van der Waals surface area contributed by atoms with Crippen LogP contribution in [0.25, 0.3) is 12.2 Å². The van der Waals surface area contributed by atoms with E-state index in [0.717, 1.165) is 34.9 Å². The minimum absolute atomic E-state index is 0.0116. The molecule has 3 N–H and O–H groups in total. The third kappa shape index (κ3) is 18.1. The summed E-state index contributed by atoms with van der Waals surface area (Å²) in [5, 5.41) is 30.1. The number of phenols is 1. The fraction of sp³-hybridized carbons (Fsp3) is 0.574. The van der Waals surface area contributed by atoms with Crippen molar-refractivity contribution < 1.29 is 53.1 Å². The molecule has 4 rings (SSSR count). The Hall–Kier alpha value is -3.96. The van der Waals surface area contributed by atoms with E-state index in [0.29, 0.717) is 30.1 Å². The number of hydrogen-bond acceptors (Lipinski definition) is 11. The Balaban J connectivity index is 0.000000403. The second-order valence-corrected chi connectivity index (χ2v) is 32.2. The van der Waals surface area contributed by atoms with Gasteiger partial charge in [-0.05, 0) is 112 Å². The van der Waals surface area contributed by atoms with Gasteiger partial charge in [0.1, 0.15) is 17.4 Å². The maximum absolute atomic E-state index is 13.1. The number of rotatable bonds is 13. The van der Waals surface area contributed by atoms with Gasteiger partial charge in [0.25, 0.3) is 0 Å². The third-order valence-electron chi connectivity index (χ3n) is 12.4. The summed E-state index contributed by atoms with van der Waals surface area (Å²) < 4.78 is 30.1. The number of esters is 2. The van der Waals surface area contributed by atoms with E-state index in [4.69, 9.17) is 23.4 Å². The van der Waals surface area contributed by atoms with Crippen molar-refractivity contribution >= 4 is 46.3 Å². The normalized spacial score (nSPS) is 23.7. The highest BCUT2D eigenvalue weighted by Crippen LogP contribution is 2.38. The molecule has 372 valence electrons. The topological polar surface area (TPSA) is 158 Å². The van der Waals surface area contributed by atoms with Crippen LogP contribution in [-0.2, 0) is 28.2 Å². The fourth-order valence-corrected chi connectivity index (χ4v) is 9.16. The largest absolute Gasteiger partial charge is 0.507 e. The molecule has 1 saturated heterocycles. The summed E-state index contributed by atoms with van der Waals surface area (Å²) >= 11 is 0. The SMILES string of the molecule is Cc1cc(C)c(C(=O)OCC[Si](C)(C)C)c(/C=C/C[C@@H]2OC(C)(C)OC2C(C)/C=C\[C@@H](C)CO[Si](C)(C)C(C)(C)C)c1.Cc1cc(O)c2c(c1)/C=C/C[C@H](O)[C@H](O)C(=O)/C=C\[C@@H](C)COC2=O. The van der Waals surface area contributed by atoms with Gasteiger partial charge in [-0.1, -0.05) is 127 Å². The zero-order valence-corrected chi connectivity index (χ0v) is 45.3. The molecule has 1 fully saturated rings. The number of aryl methyl sites for hydroxylation is 3. The molecule has 0 radical (unpaired) electrons. The number of carbonyl (C=O) groups excluding carboxylic acids is 3. The number of aromatic hydroxyl groups is 1. The summed E-state index contributed by atoms with van der Waals surface area (Å²) in [6, 6.07) is 8.24. The average Bonchev–Trinajstić information content (AvgIpc) is 3.52. The Kier molecular flexibility index (Phi) is 21.0. The molecule has 0 aliphatic carbocycles. The van der Waals surface area contributed by atoms with Gasteiger partial charge in [-0.15, -0.1) is 0 Å². The minimum Gasteiger partial charge on any atom is -0.507 e. The summed E-state index contributed by atoms with van der Waals surface area (Å²) in [5.74, 6) is -2.11. The van der Waals surface area contributed by atoms with E-state index in [1.807, 2.05) is 32.9 Å². The first-order valence-corrected chi connectivity index (χ1v) is 30.4. The van der Waals surface area contributed by atoms with E-state index in [1.165, 1.54) is 24.3 Å². The number of ketones is 1. The van der Waals surface area contributed by atoms with Crippen LogP contribution in [0.1, 0.15) is 117 Å². The first-order valence-electron chi connectivity index (χ1n) is 23.8. The van der Waals surface area contributed by atoms with Gasteiger partial charge in [-0.25, -0.2) is 9.59 Å². The van der Waals surface area contributed by atoms with Gasteiger partial charge in [0.05, 0.1) is 37.1 Å². The average molecular weight is 963 g/mol. The van der Waals surface area contributed by atoms with Crippen LogP contribution in [0.5, 0.6) is 5.75 Å². The predicted octanol–water partition coefficient (Wildman–Crippen LogP) is 11.3. The first-order chi connectivity index (χ1) is 30.9. The Bertz CT molecular complexity index is 2120. The van der Waals surface area contributed by atoms with Crippen LogP contribution in [0.2, 0.25) is 43.8 Å². The number of cyclic esters (lactones) is 1. The maximum atomic E-state index is 13.1. The number of fused-ring (bicyclic) bond motifs is 1. The number of ether oxygens (including phenoxy) is 4. The van der Waals surface area contributed by atoms with Crippen LogP contribution < -0.4 is 0 Å². The Morgan fingerprint density at radius 3 is 2.25 bits per heavy atom. The van der Waals surface area contributed by atoms with Crippen LogP contribution in [0.15, 0.2) is 60.7 Å². The first kappa shape index (κ1) is 57.4. The Morgan fingerprint density at radius 1 is 0.955 bits per heavy atom. The van der Waals surface area contributed by atoms with Crippen LogP contribution in [0.4, 0.5) is 0 Å². The van der Waals surface area contributed by atoms with Crippen molar-refractivity contribution in [3.63, 3.8) is 0 Å². The second-order valence-electron chi connectivity index (χ2n) is 21.8. The molecule has 11 nitrogen and oxygen atoms in total. The van der Waals surface area contributed by atoms with E-state index in [-0.39, 0.29) is 59.4 Å². The highest BCUT2D eigenvalue weighted by atomic mass is 28.4. The molecule has 13 heteroatoms. The quantitative estimate of drug-likeness (QED) is 0.0997. The summed E-state index contributed by atoms with van der Waals surface area (Å²) in [6.07, 6.45) is 12.2. The molecule has 67 heavy (non-hydrogen) atoms. The highest BCUT2D eigenvalue weighted by molar-refractivity contribution is 6.76. The van der Waals surface area contributed by atoms with E-state index < -0.39 is 46.1 Å². The van der Waals surface area contributed by atoms with Crippen molar-refractivity contribution in [1.82, 2.24) is 0 Å². The summed E-state index contributed by atoms with van der Waals surface area (Å²) in [5.41, 5.74) is 4.84. The lowest BCUT2D eigenvalue weighted by Crippen LogP contribution is -2.41. The number of aliphatic hydroxyl groups excluding tert-OH is 2. The van der Waals surface area contributed by atoms with E-state index in [9.17, 15) is 29.7 Å². The van der Waals surface area contributed by atoms with Crippen molar-refractivity contribution in [3.05, 3.63) is 99.7 Å². The molecule has 2 aromatic carbocycles. The summed E-state index contributed by atoms with van der Waals surface area (Å²) in [4.78, 5) is 37.3. The molecule has 7 atom stereocenters. The van der Waals surface area contributed by atoms with Crippen molar-refractivity contribution in [2.45, 2.75) is 163 Å². The lowest BCUT2D eigenvalue weighted by atomic mass is 9.95. The molecular formula is C54H82O11Si2. The Morgan fingerprint density at radius 2 is 1.61 bits per heavy atom. The second kappa shape index (κ2) is 24.5. The number of carbonyl (C=O) groups is 3. The molecule has 2 heterocycles. The molecule has 0 amide bonds. The van der Waals surface area contributed by atoms with Gasteiger partial charge < -0.3 is 38.7 Å². The monoisotopic (exact) mass is 963 g/mol. The minimum atomic E-state index is -1.77. The van der Waals surface area contributed by atoms with Crippen LogP contribution in [0, 0.1) is 38.5 Å². The van der Waals surface area contributed by atoms with Gasteiger partial charge in [0.15, 0.2) is 19.9 Å². The lowest BCUT2D eigenvalue weighted by molar-refractivity contribution is -0.148. The number of aliphatic hydroxyl groups is 2. The maximum Gasteiger partial charge on any atom is 0.342 e. The van der Waals surface area contributed by atoms with Gasteiger partial charge in [-0.2, -0.15) is 0 Å². The molecule has 2 aliphatic rings. The van der Waals surface area contributed by atoms with E-state index in [2.05, 4.69) is 98.6 Å². The number of hydrogen-bond donors (Lipinski definition) is 3. The molecular weight excluding hydrogens is 881 g/mol. The van der Waals surface area contributed by atoms with Crippen molar-refractivity contribution in [2.75, 3.05) is 19.8 Å². The molecule has 2 aromatic rings. The van der Waals surface area contributed by atoms with Crippen LogP contribution in [0.3, 0.4) is 0 Å². The van der Waals surface area contributed by atoms with Crippen molar-refractivity contribution in [3.8, 4) is 5.75 Å². The van der Waals surface area contributed by atoms with Crippen molar-refractivity contribution in [2.24, 2.45) is 17.8 Å². The van der Waals surface area contributed by atoms with E-state index >= 15 is 0 Å². The van der Waals surface area contributed by atoms with Gasteiger partial charge in [0.2, 0.25) is 0 Å². The van der Waals surface area contributed by atoms with Crippen LogP contribution >= 0.6 is 0 Å². The lowest BCUT2D eigenvalue weighted by Gasteiger charge is -2.36. The molecule has 0 bridgehead atoms. The van der Waals surface area contributed by atoms with Gasteiger partial charge in [0, 0.05) is 26.5 Å². The van der Waals surface area contributed by atoms with E-state index in [1.54, 1.807) is 26.0 Å². The summed E-state index contributed by atoms with van der Waals surface area (Å²) in [7, 11) is -3.05. The molecule has 2 unspecified atom stereocenters. The van der Waals surface area contributed by atoms with Crippen LogP contribution in [-0.4, -0.2) is 99.5 Å². The number of phenolic OH excluding ortho intramolecular Hbond substituents is 1. The van der Waals surface area contributed by atoms with Gasteiger partial charge >= 0.3 is 11.9 Å². The Labute approximate surface area is 403 Å².